The highest BCUT2D eigenvalue weighted by molar-refractivity contribution is 8.00. The average Bonchev–Trinajstić information content (AvgIpc) is 3.18. The maximum absolute atomic E-state index is 11.6. The van der Waals surface area contributed by atoms with E-state index in [0.29, 0.717) is 22.5 Å². The molecule has 1 N–H and O–H groups in total. The molecule has 1 fully saturated rings. The van der Waals surface area contributed by atoms with Gasteiger partial charge in [0, 0.05) is 20.0 Å². The summed E-state index contributed by atoms with van der Waals surface area (Å²) in [7, 11) is 3.34. The largest absolute Gasteiger partial charge is 0.478 e. The number of carboxylic acid groups (broad SMARTS) is 1. The molecule has 0 radical (unpaired) electrons. The number of aryl methyl sites for hydroxylation is 1. The average molecular weight is 295 g/mol. The normalized spacial score (nSPS) is 14.2. The molecule has 0 aromatic carbocycles. The predicted molar refractivity (Wildman–Crippen MR) is 75.1 cm³/mol. The van der Waals surface area contributed by atoms with Gasteiger partial charge in [0.1, 0.15) is 16.4 Å². The highest BCUT2D eigenvalue weighted by Crippen LogP contribution is 2.39. The Morgan fingerprint density at radius 2 is 2.00 bits per heavy atom. The number of nitrogens with zero attached hydrogens (tertiary/aromatic N) is 3. The Hall–Kier alpha value is -1.63. The van der Waals surface area contributed by atoms with Crippen LogP contribution in [-0.4, -0.2) is 51.7 Å². The van der Waals surface area contributed by atoms with Gasteiger partial charge >= 0.3 is 5.97 Å². The van der Waals surface area contributed by atoms with Gasteiger partial charge in [-0.15, -0.1) is 0 Å². The van der Waals surface area contributed by atoms with E-state index in [1.54, 1.807) is 21.0 Å². The van der Waals surface area contributed by atoms with Gasteiger partial charge in [0.15, 0.2) is 0 Å². The van der Waals surface area contributed by atoms with Crippen molar-refractivity contribution in [2.24, 2.45) is 0 Å². The molecule has 1 saturated carbocycles. The van der Waals surface area contributed by atoms with Crippen LogP contribution in [0.2, 0.25) is 0 Å². The van der Waals surface area contributed by atoms with Crippen LogP contribution in [0.3, 0.4) is 0 Å². The molecule has 1 aromatic rings. The zero-order valence-corrected chi connectivity index (χ0v) is 12.5. The number of carbonyl (C=O) groups excluding carboxylic acids is 1. The molecule has 0 bridgehead atoms. The Bertz CT molecular complexity index is 556. The standard InChI is InChI=1S/C13H17N3O3S/c1-7-10(13(18)19)12(20-6-9(17)16(2)3)15-11(14-7)8-4-5-8/h8H,4-6H2,1-3H3,(H,18,19). The van der Waals surface area contributed by atoms with Crippen molar-refractivity contribution in [2.45, 2.75) is 30.7 Å². The fourth-order valence-electron chi connectivity index (χ4n) is 1.70. The van der Waals surface area contributed by atoms with Crippen molar-refractivity contribution in [3.05, 3.63) is 17.1 Å². The van der Waals surface area contributed by atoms with E-state index in [0.717, 1.165) is 24.6 Å². The summed E-state index contributed by atoms with van der Waals surface area (Å²) in [5, 5.41) is 9.67. The molecule has 108 valence electrons. The van der Waals surface area contributed by atoms with Crippen LogP contribution in [-0.2, 0) is 4.79 Å². The minimum Gasteiger partial charge on any atom is -0.478 e. The summed E-state index contributed by atoms with van der Waals surface area (Å²) in [6, 6.07) is 0. The zero-order valence-electron chi connectivity index (χ0n) is 11.7. The number of rotatable bonds is 5. The summed E-state index contributed by atoms with van der Waals surface area (Å²) in [4.78, 5) is 33.1. The number of thioether (sulfide) groups is 1. The van der Waals surface area contributed by atoms with E-state index in [1.165, 1.54) is 4.90 Å². The molecule has 1 amide bonds. The lowest BCUT2D eigenvalue weighted by Gasteiger charge is -2.12. The van der Waals surface area contributed by atoms with E-state index in [1.807, 2.05) is 0 Å². The van der Waals surface area contributed by atoms with Crippen molar-refractivity contribution < 1.29 is 14.7 Å². The fourth-order valence-corrected chi connectivity index (χ4v) is 2.76. The minimum atomic E-state index is -1.05. The van der Waals surface area contributed by atoms with Crippen LogP contribution < -0.4 is 0 Å². The second-order valence-electron chi connectivity index (χ2n) is 5.00. The zero-order chi connectivity index (χ0) is 14.9. The number of carbonyl (C=O) groups is 2. The third-order valence-corrected chi connectivity index (χ3v) is 4.02. The van der Waals surface area contributed by atoms with Gasteiger partial charge in [0.25, 0.3) is 0 Å². The van der Waals surface area contributed by atoms with Crippen molar-refractivity contribution in [1.82, 2.24) is 14.9 Å². The van der Waals surface area contributed by atoms with E-state index in [4.69, 9.17) is 0 Å². The van der Waals surface area contributed by atoms with Gasteiger partial charge in [0.2, 0.25) is 5.91 Å². The third kappa shape index (κ3) is 3.27. The quantitative estimate of drug-likeness (QED) is 0.655. The molecule has 1 aliphatic carbocycles. The third-order valence-electron chi connectivity index (χ3n) is 3.06. The molecule has 1 heterocycles. The number of aromatic carboxylic acids is 1. The molecule has 0 atom stereocenters. The first kappa shape index (κ1) is 14.8. The second kappa shape index (κ2) is 5.78. The van der Waals surface area contributed by atoms with Crippen molar-refractivity contribution in [1.29, 1.82) is 0 Å². The van der Waals surface area contributed by atoms with E-state index in [-0.39, 0.29) is 17.2 Å². The molecule has 2 rings (SSSR count). The Morgan fingerprint density at radius 1 is 1.35 bits per heavy atom. The summed E-state index contributed by atoms with van der Waals surface area (Å²) in [6.45, 7) is 1.68. The maximum atomic E-state index is 11.6. The van der Waals surface area contributed by atoms with Crippen LogP contribution in [0.5, 0.6) is 0 Å². The molecule has 1 aliphatic rings. The first-order valence-corrected chi connectivity index (χ1v) is 7.33. The molecule has 0 aliphatic heterocycles. The number of hydrogen-bond acceptors (Lipinski definition) is 5. The van der Waals surface area contributed by atoms with Crippen LogP contribution in [0.4, 0.5) is 0 Å². The van der Waals surface area contributed by atoms with Crippen molar-refractivity contribution in [3.8, 4) is 0 Å². The van der Waals surface area contributed by atoms with E-state index < -0.39 is 5.97 Å². The predicted octanol–water partition coefficient (Wildman–Crippen LogP) is 1.54. The number of aromatic nitrogens is 2. The second-order valence-corrected chi connectivity index (χ2v) is 5.97. The summed E-state index contributed by atoms with van der Waals surface area (Å²) < 4.78 is 0. The van der Waals surface area contributed by atoms with Crippen molar-refractivity contribution in [3.63, 3.8) is 0 Å². The first-order chi connectivity index (χ1) is 9.40. The molecule has 0 saturated heterocycles. The summed E-state index contributed by atoms with van der Waals surface area (Å²) >= 11 is 1.16. The number of carboxylic acids is 1. The fraction of sp³-hybridized carbons (Fsp3) is 0.538. The lowest BCUT2D eigenvalue weighted by molar-refractivity contribution is -0.125. The molecular weight excluding hydrogens is 278 g/mol. The Balaban J connectivity index is 2.28. The van der Waals surface area contributed by atoms with Gasteiger partial charge in [-0.3, -0.25) is 4.79 Å². The SMILES string of the molecule is Cc1nc(C2CC2)nc(SCC(=O)N(C)C)c1C(=O)O. The van der Waals surface area contributed by atoms with Crippen molar-refractivity contribution >= 4 is 23.6 Å². The van der Waals surface area contributed by atoms with E-state index >= 15 is 0 Å². The summed E-state index contributed by atoms with van der Waals surface area (Å²) in [6.07, 6.45) is 2.10. The van der Waals surface area contributed by atoms with Crippen molar-refractivity contribution in [2.75, 3.05) is 19.8 Å². The van der Waals surface area contributed by atoms with Crippen LogP contribution in [0.25, 0.3) is 0 Å². The lowest BCUT2D eigenvalue weighted by atomic mass is 10.2. The molecular formula is C13H17N3O3S. The highest BCUT2D eigenvalue weighted by Gasteiger charge is 2.29. The Morgan fingerprint density at radius 3 is 2.50 bits per heavy atom. The van der Waals surface area contributed by atoms with E-state index in [9.17, 15) is 14.7 Å². The lowest BCUT2D eigenvalue weighted by Crippen LogP contribution is -2.23. The van der Waals surface area contributed by atoms with E-state index in [2.05, 4.69) is 9.97 Å². The topological polar surface area (TPSA) is 83.4 Å². The highest BCUT2D eigenvalue weighted by atomic mass is 32.2. The maximum Gasteiger partial charge on any atom is 0.340 e. The molecule has 6 nitrogen and oxygen atoms in total. The molecule has 0 unspecified atom stereocenters. The molecule has 7 heteroatoms. The summed E-state index contributed by atoms with van der Waals surface area (Å²) in [5.41, 5.74) is 0.570. The van der Waals surface area contributed by atoms with Gasteiger partial charge in [-0.2, -0.15) is 0 Å². The van der Waals surface area contributed by atoms with Gasteiger partial charge in [0.05, 0.1) is 11.4 Å². The Labute approximate surface area is 121 Å². The van der Waals surface area contributed by atoms with Crippen LogP contribution >= 0.6 is 11.8 Å². The van der Waals surface area contributed by atoms with Crippen LogP contribution in [0.1, 0.15) is 40.6 Å². The van der Waals surface area contributed by atoms with Gasteiger partial charge in [-0.1, -0.05) is 11.8 Å². The smallest absolute Gasteiger partial charge is 0.340 e. The van der Waals surface area contributed by atoms with Gasteiger partial charge in [-0.05, 0) is 19.8 Å². The van der Waals surface area contributed by atoms with Crippen LogP contribution in [0, 0.1) is 6.92 Å². The van der Waals surface area contributed by atoms with Gasteiger partial charge in [-0.25, -0.2) is 14.8 Å². The first-order valence-electron chi connectivity index (χ1n) is 6.35. The monoisotopic (exact) mass is 295 g/mol. The summed E-state index contributed by atoms with van der Waals surface area (Å²) in [5.74, 6) is 0.0985. The van der Waals surface area contributed by atoms with Crippen LogP contribution in [0.15, 0.2) is 5.03 Å². The molecule has 0 spiro atoms. The number of amides is 1. The van der Waals surface area contributed by atoms with Gasteiger partial charge < -0.3 is 10.0 Å². The Kier molecular flexibility index (Phi) is 4.27. The number of hydrogen-bond donors (Lipinski definition) is 1. The molecule has 1 aromatic heterocycles. The minimum absolute atomic E-state index is 0.0735. The molecule has 20 heavy (non-hydrogen) atoms.